The summed E-state index contributed by atoms with van der Waals surface area (Å²) in [5, 5.41) is 2.78. The molecular formula is C18H24N2O6S. The number of rotatable bonds is 6. The van der Waals surface area contributed by atoms with Crippen LogP contribution in [0.25, 0.3) is 0 Å². The van der Waals surface area contributed by atoms with Crippen molar-refractivity contribution in [3.05, 3.63) is 23.8 Å². The van der Waals surface area contributed by atoms with Gasteiger partial charge in [0.2, 0.25) is 11.8 Å². The highest BCUT2D eigenvalue weighted by molar-refractivity contribution is 7.91. The number of carbonyl (C=O) groups is 2. The smallest absolute Gasteiger partial charge is 0.225 e. The first-order chi connectivity index (χ1) is 12.8. The monoisotopic (exact) mass is 396 g/mol. The fraction of sp³-hybridized carbons (Fsp3) is 0.556. The number of amides is 2. The second-order valence-corrected chi connectivity index (χ2v) is 9.20. The van der Waals surface area contributed by atoms with E-state index in [1.807, 2.05) is 12.1 Å². The Balaban J connectivity index is 1.59. The molecule has 0 spiro atoms. The lowest BCUT2D eigenvalue weighted by Gasteiger charge is -2.18. The van der Waals surface area contributed by atoms with Crippen LogP contribution in [-0.4, -0.2) is 63.4 Å². The summed E-state index contributed by atoms with van der Waals surface area (Å²) in [5.74, 6) is 0.475. The standard InChI is InChI=1S/C18H24N2O6S/c1-25-15-4-3-12(7-16(15)26-2)9-20-10-13(8-17(20)21)18(22)19-14-5-6-27(23,24)11-14/h3-4,7,13-14H,5-6,8-11H2,1-2H3,(H,19,22). The molecule has 2 unspecified atom stereocenters. The Kier molecular flexibility index (Phi) is 5.59. The number of likely N-dealkylation sites (tertiary alicyclic amines) is 1. The third-order valence-electron chi connectivity index (χ3n) is 4.99. The van der Waals surface area contributed by atoms with E-state index in [0.717, 1.165) is 5.56 Å². The fourth-order valence-corrected chi connectivity index (χ4v) is 5.20. The number of nitrogens with zero attached hydrogens (tertiary/aromatic N) is 1. The summed E-state index contributed by atoms with van der Waals surface area (Å²) in [6.07, 6.45) is 0.572. The molecule has 0 aliphatic carbocycles. The van der Waals surface area contributed by atoms with Gasteiger partial charge in [-0.15, -0.1) is 0 Å². The molecule has 1 aromatic carbocycles. The van der Waals surface area contributed by atoms with E-state index in [2.05, 4.69) is 5.32 Å². The molecule has 0 aromatic heterocycles. The van der Waals surface area contributed by atoms with Crippen LogP contribution in [0.1, 0.15) is 18.4 Å². The third-order valence-corrected chi connectivity index (χ3v) is 6.75. The first-order valence-corrected chi connectivity index (χ1v) is 10.6. The van der Waals surface area contributed by atoms with Gasteiger partial charge in [0.15, 0.2) is 21.3 Å². The predicted molar refractivity (Wildman–Crippen MR) is 98.3 cm³/mol. The molecule has 2 heterocycles. The van der Waals surface area contributed by atoms with E-state index in [1.165, 1.54) is 0 Å². The molecule has 2 aliphatic rings. The summed E-state index contributed by atoms with van der Waals surface area (Å²) in [4.78, 5) is 26.4. The van der Waals surface area contributed by atoms with Gasteiger partial charge in [0, 0.05) is 25.6 Å². The summed E-state index contributed by atoms with van der Waals surface area (Å²) in [6, 6.07) is 5.09. The van der Waals surface area contributed by atoms with Gasteiger partial charge in [-0.05, 0) is 24.1 Å². The van der Waals surface area contributed by atoms with Crippen molar-refractivity contribution in [3.8, 4) is 11.5 Å². The predicted octanol–water partition coefficient (Wildman–Crippen LogP) is 0.356. The van der Waals surface area contributed by atoms with E-state index in [4.69, 9.17) is 9.47 Å². The van der Waals surface area contributed by atoms with Gasteiger partial charge in [0.25, 0.3) is 0 Å². The lowest BCUT2D eigenvalue weighted by atomic mass is 10.1. The van der Waals surface area contributed by atoms with Gasteiger partial charge in [-0.25, -0.2) is 8.42 Å². The highest BCUT2D eigenvalue weighted by Gasteiger charge is 2.37. The molecule has 8 nitrogen and oxygen atoms in total. The number of benzene rings is 1. The summed E-state index contributed by atoms with van der Waals surface area (Å²) in [7, 11) is 0.0503. The summed E-state index contributed by atoms with van der Waals surface area (Å²) in [6.45, 7) is 0.694. The summed E-state index contributed by atoms with van der Waals surface area (Å²) in [5.41, 5.74) is 0.879. The maximum absolute atomic E-state index is 12.4. The topological polar surface area (TPSA) is 102 Å². The van der Waals surface area contributed by atoms with Crippen LogP contribution in [-0.2, 0) is 26.0 Å². The van der Waals surface area contributed by atoms with Gasteiger partial charge in [0.1, 0.15) is 0 Å². The number of sulfone groups is 1. The average molecular weight is 396 g/mol. The van der Waals surface area contributed by atoms with Crippen molar-refractivity contribution in [2.45, 2.75) is 25.4 Å². The minimum absolute atomic E-state index is 0.0191. The lowest BCUT2D eigenvalue weighted by molar-refractivity contribution is -0.129. The number of hydrogen-bond acceptors (Lipinski definition) is 6. The Morgan fingerprint density at radius 3 is 2.63 bits per heavy atom. The SMILES string of the molecule is COc1ccc(CN2CC(C(=O)NC3CCS(=O)(=O)C3)CC2=O)cc1OC. The molecule has 2 aliphatic heterocycles. The van der Waals surface area contributed by atoms with E-state index >= 15 is 0 Å². The number of hydrogen-bond donors (Lipinski definition) is 1. The molecule has 9 heteroatoms. The maximum Gasteiger partial charge on any atom is 0.225 e. The van der Waals surface area contributed by atoms with Crippen LogP contribution in [0.4, 0.5) is 0 Å². The molecule has 148 valence electrons. The van der Waals surface area contributed by atoms with E-state index in [9.17, 15) is 18.0 Å². The van der Waals surface area contributed by atoms with Crippen molar-refractivity contribution < 1.29 is 27.5 Å². The molecule has 0 radical (unpaired) electrons. The quantitative estimate of drug-likeness (QED) is 0.745. The Morgan fingerprint density at radius 2 is 2.00 bits per heavy atom. The lowest BCUT2D eigenvalue weighted by Crippen LogP contribution is -2.40. The average Bonchev–Trinajstić information content (AvgIpc) is 3.16. The van der Waals surface area contributed by atoms with Gasteiger partial charge >= 0.3 is 0 Å². The zero-order valence-corrected chi connectivity index (χ0v) is 16.3. The zero-order valence-electron chi connectivity index (χ0n) is 15.4. The van der Waals surface area contributed by atoms with Crippen LogP contribution in [0.15, 0.2) is 18.2 Å². The fourth-order valence-electron chi connectivity index (χ4n) is 3.53. The molecule has 0 bridgehead atoms. The van der Waals surface area contributed by atoms with E-state index in [0.29, 0.717) is 31.0 Å². The molecule has 27 heavy (non-hydrogen) atoms. The van der Waals surface area contributed by atoms with Crippen molar-refractivity contribution in [1.29, 1.82) is 0 Å². The molecule has 0 saturated carbocycles. The van der Waals surface area contributed by atoms with E-state index in [1.54, 1.807) is 25.2 Å². The minimum Gasteiger partial charge on any atom is -0.493 e. The van der Waals surface area contributed by atoms with Gasteiger partial charge in [-0.1, -0.05) is 6.07 Å². The van der Waals surface area contributed by atoms with Crippen LogP contribution in [0.3, 0.4) is 0 Å². The number of carbonyl (C=O) groups excluding carboxylic acids is 2. The highest BCUT2D eigenvalue weighted by Crippen LogP contribution is 2.29. The molecule has 1 N–H and O–H groups in total. The number of nitrogens with one attached hydrogen (secondary N) is 1. The van der Waals surface area contributed by atoms with Gasteiger partial charge in [-0.2, -0.15) is 0 Å². The normalized spacial score (nSPS) is 24.1. The Bertz CT molecular complexity index is 838. The number of methoxy groups -OCH3 is 2. The molecule has 2 saturated heterocycles. The second-order valence-electron chi connectivity index (χ2n) is 6.97. The van der Waals surface area contributed by atoms with E-state index in [-0.39, 0.29) is 35.8 Å². The first-order valence-electron chi connectivity index (χ1n) is 8.81. The van der Waals surface area contributed by atoms with Gasteiger partial charge < -0.3 is 19.7 Å². The zero-order chi connectivity index (χ0) is 19.6. The molecule has 1 aromatic rings. The minimum atomic E-state index is -3.05. The molecule has 2 amide bonds. The Morgan fingerprint density at radius 1 is 1.26 bits per heavy atom. The largest absolute Gasteiger partial charge is 0.493 e. The van der Waals surface area contributed by atoms with Crippen LogP contribution in [0.2, 0.25) is 0 Å². The molecule has 2 atom stereocenters. The van der Waals surface area contributed by atoms with Crippen molar-refractivity contribution in [1.82, 2.24) is 10.2 Å². The van der Waals surface area contributed by atoms with Crippen molar-refractivity contribution in [2.24, 2.45) is 5.92 Å². The Hall–Kier alpha value is -2.29. The number of ether oxygens (including phenoxy) is 2. The van der Waals surface area contributed by atoms with Crippen molar-refractivity contribution >= 4 is 21.7 Å². The van der Waals surface area contributed by atoms with Crippen LogP contribution < -0.4 is 14.8 Å². The first kappa shape index (κ1) is 19.5. The molecular weight excluding hydrogens is 372 g/mol. The van der Waals surface area contributed by atoms with Gasteiger partial charge in [0.05, 0.1) is 31.6 Å². The van der Waals surface area contributed by atoms with Crippen LogP contribution in [0.5, 0.6) is 11.5 Å². The van der Waals surface area contributed by atoms with E-state index < -0.39 is 15.8 Å². The highest BCUT2D eigenvalue weighted by atomic mass is 32.2. The van der Waals surface area contributed by atoms with Crippen LogP contribution in [0, 0.1) is 5.92 Å². The molecule has 2 fully saturated rings. The van der Waals surface area contributed by atoms with Crippen LogP contribution >= 0.6 is 0 Å². The summed E-state index contributed by atoms with van der Waals surface area (Å²) < 4.78 is 33.5. The van der Waals surface area contributed by atoms with Crippen molar-refractivity contribution in [2.75, 3.05) is 32.3 Å². The Labute approximate surface area is 158 Å². The van der Waals surface area contributed by atoms with Gasteiger partial charge in [-0.3, -0.25) is 9.59 Å². The van der Waals surface area contributed by atoms with Crippen molar-refractivity contribution in [3.63, 3.8) is 0 Å². The second kappa shape index (κ2) is 7.75. The maximum atomic E-state index is 12.4. The summed E-state index contributed by atoms with van der Waals surface area (Å²) >= 11 is 0. The third kappa shape index (κ3) is 4.52. The molecule has 3 rings (SSSR count).